The molecule has 0 spiro atoms. The number of nitrogens with zero attached hydrogens (tertiary/aromatic N) is 2. The van der Waals surface area contributed by atoms with Gasteiger partial charge in [0.2, 0.25) is 0 Å². The Kier molecular flexibility index (Phi) is 4.32. The molecule has 3 nitrogen and oxygen atoms in total. The number of aryl methyl sites for hydroxylation is 2. The summed E-state index contributed by atoms with van der Waals surface area (Å²) in [6.07, 6.45) is 3.69. The lowest BCUT2D eigenvalue weighted by Gasteiger charge is -2.04. The van der Waals surface area contributed by atoms with Crippen LogP contribution in [-0.2, 0) is 22.3 Å². The van der Waals surface area contributed by atoms with Gasteiger partial charge in [-0.05, 0) is 42.7 Å². The van der Waals surface area contributed by atoms with Gasteiger partial charge in [-0.1, -0.05) is 29.8 Å². The summed E-state index contributed by atoms with van der Waals surface area (Å²) in [5, 5.41) is 0.660. The van der Waals surface area contributed by atoms with E-state index in [0.29, 0.717) is 16.5 Å². The van der Waals surface area contributed by atoms with E-state index in [-0.39, 0.29) is 0 Å². The van der Waals surface area contributed by atoms with Crippen molar-refractivity contribution in [2.24, 2.45) is 0 Å². The fourth-order valence-electron chi connectivity index (χ4n) is 2.38. The number of hydrogen-bond acceptors (Lipinski definition) is 2. The summed E-state index contributed by atoms with van der Waals surface area (Å²) in [6.45, 7) is 4.16. The highest BCUT2D eigenvalue weighted by atomic mass is 35.5. The molecule has 114 valence electrons. The molecule has 22 heavy (non-hydrogen) atoms. The van der Waals surface area contributed by atoms with Crippen LogP contribution >= 0.6 is 11.6 Å². The molecule has 0 N–H and O–H groups in total. The van der Waals surface area contributed by atoms with Crippen LogP contribution in [0.25, 0.3) is 5.65 Å². The third-order valence-electron chi connectivity index (χ3n) is 3.67. The minimum absolute atomic E-state index is 0.451. The molecule has 3 aromatic rings. The molecular formula is C17H17ClN2OS. The van der Waals surface area contributed by atoms with Crippen molar-refractivity contribution in [2.45, 2.75) is 25.4 Å². The number of imidazole rings is 1. The first-order valence-corrected chi connectivity index (χ1v) is 8.92. The van der Waals surface area contributed by atoms with Gasteiger partial charge in [0.25, 0.3) is 0 Å². The Hall–Kier alpha value is -1.65. The molecule has 0 radical (unpaired) electrons. The van der Waals surface area contributed by atoms with Gasteiger partial charge in [0.1, 0.15) is 5.65 Å². The van der Waals surface area contributed by atoms with E-state index in [9.17, 15) is 4.21 Å². The second-order valence-corrected chi connectivity index (χ2v) is 7.39. The maximum atomic E-state index is 12.4. The minimum atomic E-state index is -0.978. The first-order chi connectivity index (χ1) is 10.5. The van der Waals surface area contributed by atoms with E-state index in [1.165, 1.54) is 11.1 Å². The number of rotatable bonds is 4. The van der Waals surface area contributed by atoms with E-state index < -0.39 is 10.8 Å². The van der Waals surface area contributed by atoms with Gasteiger partial charge in [0, 0.05) is 28.9 Å². The van der Waals surface area contributed by atoms with Crippen molar-refractivity contribution in [3.63, 3.8) is 0 Å². The molecule has 0 aliphatic carbocycles. The number of fused-ring (bicyclic) bond motifs is 1. The normalized spacial score (nSPS) is 12.7. The summed E-state index contributed by atoms with van der Waals surface area (Å²) in [4.78, 5) is 4.48. The Morgan fingerprint density at radius 2 is 1.91 bits per heavy atom. The van der Waals surface area contributed by atoms with Crippen LogP contribution in [-0.4, -0.2) is 13.6 Å². The van der Waals surface area contributed by atoms with E-state index >= 15 is 0 Å². The van der Waals surface area contributed by atoms with Gasteiger partial charge in [-0.15, -0.1) is 0 Å². The van der Waals surface area contributed by atoms with Crippen LogP contribution in [0.2, 0.25) is 5.02 Å². The molecule has 0 aliphatic rings. The smallest absolute Gasteiger partial charge is 0.137 e. The van der Waals surface area contributed by atoms with Gasteiger partial charge in [-0.25, -0.2) is 4.98 Å². The average molecular weight is 333 g/mol. The SMILES string of the molecule is Cc1ccc(C[S@@](=O)Cc2cn3cc(Cl)ccc3n2)cc1C. The Morgan fingerprint density at radius 3 is 2.68 bits per heavy atom. The number of hydrogen-bond donors (Lipinski definition) is 0. The van der Waals surface area contributed by atoms with Gasteiger partial charge in [0.05, 0.1) is 16.5 Å². The largest absolute Gasteiger partial charge is 0.305 e. The fourth-order valence-corrected chi connectivity index (χ4v) is 3.67. The van der Waals surface area contributed by atoms with Crippen molar-refractivity contribution in [1.29, 1.82) is 0 Å². The van der Waals surface area contributed by atoms with Gasteiger partial charge in [0.15, 0.2) is 0 Å². The van der Waals surface area contributed by atoms with Crippen molar-refractivity contribution in [3.05, 3.63) is 70.1 Å². The highest BCUT2D eigenvalue weighted by Gasteiger charge is 2.08. The maximum absolute atomic E-state index is 12.4. The zero-order valence-corrected chi connectivity index (χ0v) is 14.1. The Bertz CT molecular complexity index is 857. The molecule has 0 saturated heterocycles. The van der Waals surface area contributed by atoms with Gasteiger partial charge >= 0.3 is 0 Å². The van der Waals surface area contributed by atoms with E-state index in [1.807, 2.05) is 22.7 Å². The third kappa shape index (κ3) is 3.39. The third-order valence-corrected chi connectivity index (χ3v) is 5.17. The van der Waals surface area contributed by atoms with Crippen LogP contribution in [0.4, 0.5) is 0 Å². The quantitative estimate of drug-likeness (QED) is 0.722. The van der Waals surface area contributed by atoms with Gasteiger partial charge in [-0.2, -0.15) is 0 Å². The molecule has 0 unspecified atom stereocenters. The van der Waals surface area contributed by atoms with E-state index in [2.05, 4.69) is 31.0 Å². The van der Waals surface area contributed by atoms with E-state index in [4.69, 9.17) is 11.6 Å². The fraction of sp³-hybridized carbons (Fsp3) is 0.235. The van der Waals surface area contributed by atoms with E-state index in [0.717, 1.165) is 16.9 Å². The van der Waals surface area contributed by atoms with Crippen molar-refractivity contribution in [3.8, 4) is 0 Å². The number of aromatic nitrogens is 2. The summed E-state index contributed by atoms with van der Waals surface area (Å²) >= 11 is 5.96. The van der Waals surface area contributed by atoms with Crippen LogP contribution in [0.1, 0.15) is 22.4 Å². The van der Waals surface area contributed by atoms with Crippen molar-refractivity contribution < 1.29 is 4.21 Å². The lowest BCUT2D eigenvalue weighted by atomic mass is 10.1. The molecule has 1 aromatic carbocycles. The van der Waals surface area contributed by atoms with Crippen LogP contribution in [0.5, 0.6) is 0 Å². The Balaban J connectivity index is 1.73. The molecule has 0 bridgehead atoms. The lowest BCUT2D eigenvalue weighted by Crippen LogP contribution is -2.00. The predicted molar refractivity (Wildman–Crippen MR) is 91.7 cm³/mol. The summed E-state index contributed by atoms with van der Waals surface area (Å²) < 4.78 is 14.2. The van der Waals surface area contributed by atoms with Crippen molar-refractivity contribution in [2.75, 3.05) is 0 Å². The lowest BCUT2D eigenvalue weighted by molar-refractivity contribution is 0.681. The maximum Gasteiger partial charge on any atom is 0.137 e. The molecule has 0 aliphatic heterocycles. The molecule has 2 heterocycles. The molecule has 0 saturated carbocycles. The molecule has 5 heteroatoms. The summed E-state index contributed by atoms with van der Waals surface area (Å²) in [7, 11) is -0.978. The van der Waals surface area contributed by atoms with Crippen LogP contribution < -0.4 is 0 Å². The van der Waals surface area contributed by atoms with E-state index in [1.54, 1.807) is 12.3 Å². The van der Waals surface area contributed by atoms with Gasteiger partial charge < -0.3 is 4.40 Å². The molecule has 2 aromatic heterocycles. The van der Waals surface area contributed by atoms with Gasteiger partial charge in [-0.3, -0.25) is 4.21 Å². The molecule has 3 rings (SSSR count). The highest BCUT2D eigenvalue weighted by Crippen LogP contribution is 2.15. The first-order valence-electron chi connectivity index (χ1n) is 7.05. The number of pyridine rings is 1. The van der Waals surface area contributed by atoms with Crippen LogP contribution in [0.15, 0.2) is 42.7 Å². The summed E-state index contributed by atoms with van der Waals surface area (Å²) in [5.41, 5.74) is 5.24. The monoisotopic (exact) mass is 332 g/mol. The Morgan fingerprint density at radius 1 is 1.09 bits per heavy atom. The molecular weight excluding hydrogens is 316 g/mol. The second kappa shape index (κ2) is 6.23. The predicted octanol–water partition coefficient (Wildman–Crippen LogP) is 4.05. The zero-order valence-electron chi connectivity index (χ0n) is 12.5. The standard InChI is InChI=1S/C17H17ClN2OS/c1-12-3-4-14(7-13(12)2)10-22(21)11-16-9-20-8-15(18)5-6-17(20)19-16/h3-9H,10-11H2,1-2H3/t22-/m1/s1. The number of benzene rings is 1. The first kappa shape index (κ1) is 15.3. The molecule has 0 amide bonds. The van der Waals surface area contributed by atoms with Crippen molar-refractivity contribution >= 4 is 28.0 Å². The van der Waals surface area contributed by atoms with Crippen LogP contribution in [0.3, 0.4) is 0 Å². The second-order valence-electron chi connectivity index (χ2n) is 5.49. The summed E-state index contributed by atoms with van der Waals surface area (Å²) in [6, 6.07) is 9.90. The minimum Gasteiger partial charge on any atom is -0.305 e. The average Bonchev–Trinajstić information content (AvgIpc) is 2.84. The molecule has 0 fully saturated rings. The summed E-state index contributed by atoms with van der Waals surface area (Å²) in [5.74, 6) is 1.00. The topological polar surface area (TPSA) is 34.4 Å². The Labute approximate surface area is 137 Å². The zero-order chi connectivity index (χ0) is 15.7. The number of halogens is 1. The molecule has 1 atom stereocenters. The van der Waals surface area contributed by atoms with Crippen LogP contribution in [0, 0.1) is 13.8 Å². The van der Waals surface area contributed by atoms with Crippen molar-refractivity contribution in [1.82, 2.24) is 9.38 Å². The highest BCUT2D eigenvalue weighted by molar-refractivity contribution is 7.83.